The number of benzene rings is 4. The van der Waals surface area contributed by atoms with E-state index >= 15 is 0 Å². The molecule has 0 bridgehead atoms. The summed E-state index contributed by atoms with van der Waals surface area (Å²) in [7, 11) is -3.48. The molecule has 0 aliphatic heterocycles. The molecule has 0 spiro atoms. The van der Waals surface area contributed by atoms with Crippen LogP contribution in [0.3, 0.4) is 0 Å². The normalized spacial score (nSPS) is 9.73. The molecular weight excluding hydrogens is 472 g/mol. The topological polar surface area (TPSA) is 34.1 Å². The molecule has 0 N–H and O–H groups in total. The molecular formula is C34H22O2S. The quantitative estimate of drug-likeness (QED) is 0.354. The third-order valence-corrected chi connectivity index (χ3v) is 6.28. The van der Waals surface area contributed by atoms with Gasteiger partial charge in [0.2, 0.25) is 0 Å². The van der Waals surface area contributed by atoms with Crippen molar-refractivity contribution in [3.05, 3.63) is 143 Å². The highest BCUT2D eigenvalue weighted by Crippen LogP contribution is 2.08. The summed E-state index contributed by atoms with van der Waals surface area (Å²) < 4.78 is 25.1. The van der Waals surface area contributed by atoms with E-state index < -0.39 is 9.84 Å². The summed E-state index contributed by atoms with van der Waals surface area (Å²) in [5, 5.41) is 0. The van der Waals surface area contributed by atoms with Gasteiger partial charge in [0, 0.05) is 33.4 Å². The van der Waals surface area contributed by atoms with Gasteiger partial charge in [-0.1, -0.05) is 108 Å². The molecule has 2 nitrogen and oxygen atoms in total. The molecule has 4 rings (SSSR count). The van der Waals surface area contributed by atoms with Crippen molar-refractivity contribution in [1.29, 1.82) is 0 Å². The Morgan fingerprint density at radius 2 is 0.730 bits per heavy atom. The number of sulfone groups is 1. The number of hydrogen-bond donors (Lipinski definition) is 0. The van der Waals surface area contributed by atoms with Gasteiger partial charge in [0.25, 0.3) is 0 Å². The zero-order chi connectivity index (χ0) is 25.8. The van der Waals surface area contributed by atoms with Gasteiger partial charge >= 0.3 is 0 Å². The van der Waals surface area contributed by atoms with Gasteiger partial charge in [-0.3, -0.25) is 0 Å². The third kappa shape index (κ3) is 8.06. The van der Waals surface area contributed by atoms with Crippen LogP contribution >= 0.6 is 0 Å². The molecule has 4 aromatic carbocycles. The molecule has 0 aliphatic rings. The summed E-state index contributed by atoms with van der Waals surface area (Å²) >= 11 is 0. The van der Waals surface area contributed by atoms with Crippen LogP contribution in [0.2, 0.25) is 0 Å². The van der Waals surface area contributed by atoms with Gasteiger partial charge in [0.05, 0.1) is 0 Å². The Kier molecular flexibility index (Phi) is 8.63. The van der Waals surface area contributed by atoms with E-state index in [1.807, 2.05) is 109 Å². The van der Waals surface area contributed by atoms with E-state index in [1.165, 1.54) is 0 Å². The molecule has 0 aliphatic carbocycles. The second-order valence-electron chi connectivity index (χ2n) is 7.96. The zero-order valence-electron chi connectivity index (χ0n) is 20.0. The van der Waals surface area contributed by atoms with Crippen molar-refractivity contribution in [3.63, 3.8) is 0 Å². The molecule has 0 saturated heterocycles. The van der Waals surface area contributed by atoms with E-state index in [9.17, 15) is 8.42 Å². The maximum Gasteiger partial charge on any atom is 0.172 e. The van der Waals surface area contributed by atoms with E-state index in [0.717, 1.165) is 22.3 Å². The fourth-order valence-electron chi connectivity index (χ4n) is 3.26. The molecule has 37 heavy (non-hydrogen) atoms. The number of hydrogen-bond acceptors (Lipinski definition) is 2. The molecule has 0 radical (unpaired) electrons. The maximum atomic E-state index is 12.5. The van der Waals surface area contributed by atoms with Gasteiger partial charge in [-0.2, -0.15) is 0 Å². The third-order valence-electron chi connectivity index (χ3n) is 5.11. The summed E-state index contributed by atoms with van der Waals surface area (Å²) in [5.41, 5.74) is 4.70. The highest BCUT2D eigenvalue weighted by atomic mass is 32.2. The molecule has 0 saturated carbocycles. The summed E-state index contributed by atoms with van der Waals surface area (Å²) in [4.78, 5) is 0. The number of rotatable bonds is 2. The van der Waals surface area contributed by atoms with Crippen LogP contribution in [0.1, 0.15) is 33.4 Å². The fraction of sp³-hybridized carbons (Fsp3) is 0.0588. The maximum absolute atomic E-state index is 12.5. The molecule has 0 atom stereocenters. The second-order valence-corrected chi connectivity index (χ2v) is 10.0. The molecule has 0 fully saturated rings. The molecule has 4 aromatic rings. The van der Waals surface area contributed by atoms with Crippen LogP contribution in [-0.4, -0.2) is 19.9 Å². The minimum atomic E-state index is -3.48. The Morgan fingerprint density at radius 3 is 1.11 bits per heavy atom. The van der Waals surface area contributed by atoms with E-state index in [0.29, 0.717) is 11.1 Å². The molecule has 0 heterocycles. The van der Waals surface area contributed by atoms with E-state index in [1.54, 1.807) is 0 Å². The van der Waals surface area contributed by atoms with Crippen LogP contribution in [0.5, 0.6) is 0 Å². The van der Waals surface area contributed by atoms with Gasteiger partial charge in [-0.15, -0.1) is 0 Å². The summed E-state index contributed by atoms with van der Waals surface area (Å²) in [6, 6.07) is 34.2. The van der Waals surface area contributed by atoms with Gasteiger partial charge in [0.1, 0.15) is 11.5 Å². The lowest BCUT2D eigenvalue weighted by molar-refractivity contribution is 0.603. The predicted molar refractivity (Wildman–Crippen MR) is 150 cm³/mol. The lowest BCUT2D eigenvalue weighted by Gasteiger charge is -1.97. The molecule has 0 unspecified atom stereocenters. The predicted octanol–water partition coefficient (Wildman–Crippen LogP) is 5.30. The van der Waals surface area contributed by atoms with E-state index in [4.69, 9.17) is 0 Å². The van der Waals surface area contributed by atoms with Crippen LogP contribution in [0.25, 0.3) is 0 Å². The fourth-order valence-corrected chi connectivity index (χ4v) is 3.94. The Bertz CT molecular complexity index is 1610. The first-order valence-corrected chi connectivity index (χ1v) is 13.4. The lowest BCUT2D eigenvalue weighted by Crippen LogP contribution is -2.08. The Balaban J connectivity index is 1.44. The van der Waals surface area contributed by atoms with Crippen molar-refractivity contribution in [1.82, 2.24) is 0 Å². The smallest absolute Gasteiger partial charge is 0.172 e. The summed E-state index contributed by atoms with van der Waals surface area (Å²) in [6.45, 7) is 0. The van der Waals surface area contributed by atoms with Crippen molar-refractivity contribution in [3.8, 4) is 47.4 Å². The summed E-state index contributed by atoms with van der Waals surface area (Å²) in [5.74, 6) is 23.4. The largest absolute Gasteiger partial charge is 0.227 e. The van der Waals surface area contributed by atoms with Crippen molar-refractivity contribution < 1.29 is 8.42 Å². The monoisotopic (exact) mass is 494 g/mol. The average Bonchev–Trinajstić information content (AvgIpc) is 2.93. The van der Waals surface area contributed by atoms with Crippen molar-refractivity contribution in [2.75, 3.05) is 11.5 Å². The van der Waals surface area contributed by atoms with Crippen molar-refractivity contribution in [2.24, 2.45) is 0 Å². The minimum Gasteiger partial charge on any atom is -0.227 e. The molecule has 3 heteroatoms. The standard InChI is InChI=1S/C34H22O2S/c35-37(36,27-11-21-31-17-7-9-19-33(31)25-23-29-13-3-1-4-14-29)28-12-22-32-18-8-10-20-34(32)26-24-30-15-5-2-6-16-30/h1-10,13-20H,27-28H2. The first-order valence-electron chi connectivity index (χ1n) is 11.6. The van der Waals surface area contributed by atoms with Crippen molar-refractivity contribution in [2.45, 2.75) is 0 Å². The Labute approximate surface area is 219 Å². The van der Waals surface area contributed by atoms with Gasteiger partial charge in [-0.05, 0) is 48.5 Å². The minimum absolute atomic E-state index is 0.280. The van der Waals surface area contributed by atoms with Crippen LogP contribution in [0.15, 0.2) is 109 Å². The molecule has 0 aromatic heterocycles. The van der Waals surface area contributed by atoms with Crippen LogP contribution in [0, 0.1) is 47.4 Å². The van der Waals surface area contributed by atoms with Gasteiger partial charge in [-0.25, -0.2) is 8.42 Å². The molecule has 0 amide bonds. The van der Waals surface area contributed by atoms with Crippen LogP contribution in [-0.2, 0) is 9.84 Å². The Morgan fingerprint density at radius 1 is 0.405 bits per heavy atom. The highest BCUT2D eigenvalue weighted by molar-refractivity contribution is 7.91. The molecule has 176 valence electrons. The average molecular weight is 495 g/mol. The van der Waals surface area contributed by atoms with Gasteiger partial charge in [0.15, 0.2) is 9.84 Å². The van der Waals surface area contributed by atoms with Crippen LogP contribution in [0.4, 0.5) is 0 Å². The second kappa shape index (κ2) is 12.7. The highest BCUT2D eigenvalue weighted by Gasteiger charge is 2.06. The zero-order valence-corrected chi connectivity index (χ0v) is 20.8. The van der Waals surface area contributed by atoms with E-state index in [-0.39, 0.29) is 11.5 Å². The first-order chi connectivity index (χ1) is 18.1. The van der Waals surface area contributed by atoms with Crippen LogP contribution < -0.4 is 0 Å². The van der Waals surface area contributed by atoms with E-state index in [2.05, 4.69) is 47.4 Å². The van der Waals surface area contributed by atoms with Crippen molar-refractivity contribution >= 4 is 9.84 Å². The summed E-state index contributed by atoms with van der Waals surface area (Å²) in [6.07, 6.45) is 0. The van der Waals surface area contributed by atoms with Gasteiger partial charge < -0.3 is 0 Å². The SMILES string of the molecule is O=S(=O)(CC#Cc1ccccc1C#Cc1ccccc1)CC#Cc1ccccc1C#Cc1ccccc1. The Hall–Kier alpha value is -4.93. The lowest BCUT2D eigenvalue weighted by atomic mass is 10.1. The first kappa shape index (κ1) is 25.2.